The van der Waals surface area contributed by atoms with Crippen LogP contribution in [-0.2, 0) is 14.3 Å². The van der Waals surface area contributed by atoms with Gasteiger partial charge in [-0.2, -0.15) is 0 Å². The predicted molar refractivity (Wildman–Crippen MR) is 134 cm³/mol. The molecule has 2 aliphatic heterocycles. The molecule has 0 saturated carbocycles. The van der Waals surface area contributed by atoms with E-state index < -0.39 is 22.7 Å². The highest BCUT2D eigenvalue weighted by atomic mass is 16.6. The van der Waals surface area contributed by atoms with Crippen molar-refractivity contribution in [3.8, 4) is 11.5 Å². The fraction of sp³-hybridized carbons (Fsp3) is 0.385. The quantitative estimate of drug-likeness (QED) is 0.177. The monoisotopic (exact) mass is 511 g/mol. The molecule has 2 heterocycles. The Morgan fingerprint density at radius 3 is 2.35 bits per heavy atom. The van der Waals surface area contributed by atoms with Gasteiger partial charge in [-0.1, -0.05) is 0 Å². The maximum Gasteiger partial charge on any atom is 0.295 e. The summed E-state index contributed by atoms with van der Waals surface area (Å²) in [6, 6.07) is 9.42. The minimum absolute atomic E-state index is 0.0857. The Morgan fingerprint density at radius 1 is 1.05 bits per heavy atom. The van der Waals surface area contributed by atoms with Crippen molar-refractivity contribution in [2.24, 2.45) is 0 Å². The van der Waals surface area contributed by atoms with Crippen molar-refractivity contribution >= 4 is 23.1 Å². The third-order valence-corrected chi connectivity index (χ3v) is 6.59. The first-order valence-corrected chi connectivity index (χ1v) is 11.9. The standard InChI is InChI=1S/C26H29N3O8/c1-35-20-9-6-18(16-21(20)36-2)24(30)22-23(17-4-7-19(8-5-17)29(33)34)28(26(32)25(22)31)11-3-10-27-12-14-37-15-13-27/h4-9,16,23,30H,3,10-15H2,1-2H3/t23-/m1/s1. The van der Waals surface area contributed by atoms with Crippen LogP contribution in [-0.4, -0.2) is 85.1 Å². The number of likely N-dealkylation sites (tertiary alicyclic amines) is 1. The van der Waals surface area contributed by atoms with Crippen LogP contribution < -0.4 is 9.47 Å². The number of nitrogens with zero attached hydrogens (tertiary/aromatic N) is 3. The summed E-state index contributed by atoms with van der Waals surface area (Å²) in [7, 11) is 2.93. The Bertz CT molecular complexity index is 1200. The first-order chi connectivity index (χ1) is 17.8. The second-order valence-electron chi connectivity index (χ2n) is 8.72. The molecule has 2 aliphatic rings. The molecule has 1 amide bonds. The van der Waals surface area contributed by atoms with Crippen molar-refractivity contribution in [2.45, 2.75) is 12.5 Å². The van der Waals surface area contributed by atoms with Gasteiger partial charge in [-0.3, -0.25) is 24.6 Å². The van der Waals surface area contributed by atoms with E-state index in [0.717, 1.165) is 19.6 Å². The Balaban J connectivity index is 1.72. The number of aliphatic hydroxyl groups excluding tert-OH is 1. The lowest BCUT2D eigenvalue weighted by molar-refractivity contribution is -0.384. The second kappa shape index (κ2) is 11.4. The van der Waals surface area contributed by atoms with Crippen LogP contribution in [0.1, 0.15) is 23.6 Å². The molecule has 1 N–H and O–H groups in total. The van der Waals surface area contributed by atoms with Crippen LogP contribution in [0.5, 0.6) is 11.5 Å². The zero-order chi connectivity index (χ0) is 26.5. The van der Waals surface area contributed by atoms with Crippen molar-refractivity contribution in [1.82, 2.24) is 9.80 Å². The van der Waals surface area contributed by atoms with Gasteiger partial charge in [0.25, 0.3) is 17.4 Å². The Kier molecular flexibility index (Phi) is 8.04. The van der Waals surface area contributed by atoms with E-state index in [9.17, 15) is 24.8 Å². The van der Waals surface area contributed by atoms with Crippen molar-refractivity contribution in [3.63, 3.8) is 0 Å². The summed E-state index contributed by atoms with van der Waals surface area (Å²) in [6.45, 7) is 3.88. The average Bonchev–Trinajstić information content (AvgIpc) is 3.18. The summed E-state index contributed by atoms with van der Waals surface area (Å²) in [6.07, 6.45) is 0.604. The zero-order valence-corrected chi connectivity index (χ0v) is 20.7. The van der Waals surface area contributed by atoms with Crippen molar-refractivity contribution < 1.29 is 33.8 Å². The molecule has 2 aromatic carbocycles. The van der Waals surface area contributed by atoms with Gasteiger partial charge in [0.1, 0.15) is 5.76 Å². The van der Waals surface area contributed by atoms with Crippen LogP contribution in [0.4, 0.5) is 5.69 Å². The number of methoxy groups -OCH3 is 2. The number of hydrogen-bond acceptors (Lipinski definition) is 9. The summed E-state index contributed by atoms with van der Waals surface area (Å²) in [5.74, 6) is -1.12. The van der Waals surface area contributed by atoms with Crippen LogP contribution in [0.3, 0.4) is 0 Å². The molecule has 0 radical (unpaired) electrons. The lowest BCUT2D eigenvalue weighted by Gasteiger charge is -2.29. The lowest BCUT2D eigenvalue weighted by Crippen LogP contribution is -2.38. The Hall–Kier alpha value is -3.96. The number of aliphatic hydroxyl groups is 1. The fourth-order valence-electron chi connectivity index (χ4n) is 4.66. The van der Waals surface area contributed by atoms with E-state index in [-0.39, 0.29) is 29.1 Å². The molecule has 1 atom stereocenters. The Morgan fingerprint density at radius 2 is 1.73 bits per heavy atom. The first kappa shape index (κ1) is 26.1. The highest BCUT2D eigenvalue weighted by Gasteiger charge is 2.46. The van der Waals surface area contributed by atoms with Crippen LogP contribution in [0.2, 0.25) is 0 Å². The number of carbonyl (C=O) groups is 2. The highest BCUT2D eigenvalue weighted by Crippen LogP contribution is 2.41. The number of non-ortho nitro benzene ring substituents is 1. The molecule has 0 unspecified atom stereocenters. The molecule has 0 spiro atoms. The molecule has 196 valence electrons. The molecule has 2 saturated heterocycles. The van der Waals surface area contributed by atoms with Gasteiger partial charge in [0.05, 0.1) is 44.0 Å². The van der Waals surface area contributed by atoms with E-state index in [1.807, 2.05) is 0 Å². The molecule has 0 bridgehead atoms. The fourth-order valence-corrected chi connectivity index (χ4v) is 4.66. The molecule has 11 nitrogen and oxygen atoms in total. The molecule has 2 fully saturated rings. The van der Waals surface area contributed by atoms with E-state index in [2.05, 4.69) is 4.90 Å². The summed E-state index contributed by atoms with van der Waals surface area (Å²) in [4.78, 5) is 40.7. The minimum Gasteiger partial charge on any atom is -0.507 e. The number of hydrogen-bond donors (Lipinski definition) is 1. The maximum atomic E-state index is 13.2. The van der Waals surface area contributed by atoms with Crippen molar-refractivity contribution in [3.05, 3.63) is 69.3 Å². The second-order valence-corrected chi connectivity index (χ2v) is 8.72. The molecule has 0 aromatic heterocycles. The third-order valence-electron chi connectivity index (χ3n) is 6.59. The van der Waals surface area contributed by atoms with Crippen LogP contribution in [0.25, 0.3) is 5.76 Å². The number of morpholine rings is 1. The number of amides is 1. The minimum atomic E-state index is -0.904. The Labute approximate surface area is 214 Å². The van der Waals surface area contributed by atoms with E-state index in [1.54, 1.807) is 12.1 Å². The van der Waals surface area contributed by atoms with Crippen molar-refractivity contribution in [2.75, 3.05) is 53.6 Å². The number of carbonyl (C=O) groups excluding carboxylic acids is 2. The first-order valence-electron chi connectivity index (χ1n) is 11.9. The van der Waals surface area contributed by atoms with Gasteiger partial charge in [0.15, 0.2) is 11.5 Å². The number of nitro benzene ring substituents is 1. The summed E-state index contributed by atoms with van der Waals surface area (Å²) in [5, 5.41) is 22.4. The molecule has 37 heavy (non-hydrogen) atoms. The predicted octanol–water partition coefficient (Wildman–Crippen LogP) is 2.76. The van der Waals surface area contributed by atoms with Gasteiger partial charge in [-0.25, -0.2) is 0 Å². The van der Waals surface area contributed by atoms with Crippen LogP contribution >= 0.6 is 0 Å². The number of rotatable bonds is 9. The van der Waals surface area contributed by atoms with E-state index in [0.29, 0.717) is 36.7 Å². The van der Waals surface area contributed by atoms with Gasteiger partial charge in [0.2, 0.25) is 0 Å². The number of ether oxygens (including phenoxy) is 3. The number of ketones is 1. The van der Waals surface area contributed by atoms with Crippen molar-refractivity contribution in [1.29, 1.82) is 0 Å². The lowest BCUT2D eigenvalue weighted by atomic mass is 9.95. The third kappa shape index (κ3) is 5.42. The van der Waals surface area contributed by atoms with Gasteiger partial charge < -0.3 is 24.2 Å². The zero-order valence-electron chi connectivity index (χ0n) is 20.7. The van der Waals surface area contributed by atoms with Gasteiger partial charge in [0, 0.05) is 43.9 Å². The summed E-state index contributed by atoms with van der Waals surface area (Å²) >= 11 is 0. The summed E-state index contributed by atoms with van der Waals surface area (Å²) in [5.41, 5.74) is 0.555. The van der Waals surface area contributed by atoms with Gasteiger partial charge in [-0.05, 0) is 42.3 Å². The number of nitro groups is 1. The normalized spacial score (nSPS) is 19.7. The number of Topliss-reactive ketones (excluding diaryl/α,β-unsaturated/α-hetero) is 1. The smallest absolute Gasteiger partial charge is 0.295 e. The molecular weight excluding hydrogens is 482 g/mol. The molecule has 2 aromatic rings. The van der Waals surface area contributed by atoms with E-state index >= 15 is 0 Å². The van der Waals surface area contributed by atoms with Gasteiger partial charge >= 0.3 is 0 Å². The average molecular weight is 512 g/mol. The molecular formula is C26H29N3O8. The molecule has 4 rings (SSSR count). The maximum absolute atomic E-state index is 13.2. The molecule has 11 heteroatoms. The van der Waals surface area contributed by atoms with E-state index in [4.69, 9.17) is 14.2 Å². The largest absolute Gasteiger partial charge is 0.507 e. The van der Waals surface area contributed by atoms with E-state index in [1.165, 1.54) is 49.5 Å². The van der Waals surface area contributed by atoms with Gasteiger partial charge in [-0.15, -0.1) is 0 Å². The topological polar surface area (TPSA) is 132 Å². The SMILES string of the molecule is COc1ccc(C(O)=C2C(=O)C(=O)N(CCCN3CCOCC3)[C@@H]2c2ccc([N+](=O)[O-])cc2)cc1OC. The highest BCUT2D eigenvalue weighted by molar-refractivity contribution is 6.46. The molecule has 0 aliphatic carbocycles. The van der Waals surface area contributed by atoms with Crippen LogP contribution in [0.15, 0.2) is 48.0 Å². The number of benzene rings is 2. The summed E-state index contributed by atoms with van der Waals surface area (Å²) < 4.78 is 15.9. The van der Waals surface area contributed by atoms with Crippen LogP contribution in [0, 0.1) is 10.1 Å².